The lowest BCUT2D eigenvalue weighted by molar-refractivity contribution is 0.302. The Hall–Kier alpha value is -2.00. The molecule has 0 bridgehead atoms. The number of benzene rings is 2. The van der Waals surface area contributed by atoms with Crippen LogP contribution >= 0.6 is 11.6 Å². The van der Waals surface area contributed by atoms with Crippen molar-refractivity contribution in [1.29, 1.82) is 0 Å². The average Bonchev–Trinajstić information content (AvgIpc) is 2.81. The van der Waals surface area contributed by atoms with E-state index in [1.165, 1.54) is 5.52 Å². The maximum Gasteiger partial charge on any atom is 0.119 e. The van der Waals surface area contributed by atoms with Gasteiger partial charge in [0.05, 0.1) is 17.6 Å². The van der Waals surface area contributed by atoms with Crippen molar-refractivity contribution >= 4 is 22.6 Å². The summed E-state index contributed by atoms with van der Waals surface area (Å²) >= 11 is 5.85. The topological polar surface area (TPSA) is 27.1 Å². The molecule has 4 heteroatoms. The van der Waals surface area contributed by atoms with E-state index in [9.17, 15) is 0 Å². The van der Waals surface area contributed by atoms with Gasteiger partial charge in [0.15, 0.2) is 0 Å². The molecule has 0 fully saturated rings. The second-order valence-electron chi connectivity index (χ2n) is 4.96. The third-order valence-corrected chi connectivity index (χ3v) is 3.71. The van der Waals surface area contributed by atoms with Crippen molar-refractivity contribution in [3.63, 3.8) is 0 Å². The van der Waals surface area contributed by atoms with Gasteiger partial charge < -0.3 is 9.30 Å². The highest BCUT2D eigenvalue weighted by atomic mass is 35.5. The molecule has 0 atom stereocenters. The minimum Gasteiger partial charge on any atom is -0.494 e. The van der Waals surface area contributed by atoms with Crippen LogP contribution in [0.25, 0.3) is 11.0 Å². The predicted octanol–water partition coefficient (Wildman–Crippen LogP) is 4.47. The van der Waals surface area contributed by atoms with Gasteiger partial charge in [-0.3, -0.25) is 0 Å². The highest BCUT2D eigenvalue weighted by Gasteiger charge is 2.05. The van der Waals surface area contributed by atoms with E-state index in [4.69, 9.17) is 16.3 Å². The number of nitrogens with zero attached hydrogens (tertiary/aromatic N) is 2. The number of aryl methyl sites for hydroxylation is 2. The summed E-state index contributed by atoms with van der Waals surface area (Å²) < 4.78 is 7.96. The molecule has 1 heterocycles. The van der Waals surface area contributed by atoms with Crippen molar-refractivity contribution in [2.75, 3.05) is 6.61 Å². The molecule has 108 valence electrons. The zero-order valence-electron chi connectivity index (χ0n) is 11.9. The molecule has 0 spiro atoms. The van der Waals surface area contributed by atoms with Crippen LogP contribution in [0, 0.1) is 6.92 Å². The summed E-state index contributed by atoms with van der Waals surface area (Å²) in [5.41, 5.74) is 2.23. The van der Waals surface area contributed by atoms with E-state index in [0.717, 1.165) is 35.1 Å². The number of halogens is 1. The Bertz CT molecular complexity index is 734. The molecule has 2 aromatic carbocycles. The lowest BCUT2D eigenvalue weighted by Gasteiger charge is -2.09. The second kappa shape index (κ2) is 6.19. The molecule has 1 aromatic heterocycles. The molecule has 0 saturated carbocycles. The van der Waals surface area contributed by atoms with Crippen LogP contribution in [0.3, 0.4) is 0 Å². The van der Waals surface area contributed by atoms with Gasteiger partial charge in [-0.25, -0.2) is 4.98 Å². The molecule has 3 aromatic rings. The number of rotatable bonds is 5. The van der Waals surface area contributed by atoms with Crippen molar-refractivity contribution < 1.29 is 4.74 Å². The van der Waals surface area contributed by atoms with Crippen molar-refractivity contribution in [2.24, 2.45) is 0 Å². The molecule has 3 rings (SSSR count). The average molecular weight is 301 g/mol. The molecule has 0 aliphatic heterocycles. The van der Waals surface area contributed by atoms with E-state index in [-0.39, 0.29) is 0 Å². The number of aromatic nitrogens is 2. The van der Waals surface area contributed by atoms with E-state index in [2.05, 4.69) is 15.6 Å². The first-order valence-electron chi connectivity index (χ1n) is 7.04. The molecule has 0 unspecified atom stereocenters. The highest BCUT2D eigenvalue weighted by molar-refractivity contribution is 6.30. The van der Waals surface area contributed by atoms with Gasteiger partial charge in [0.2, 0.25) is 0 Å². The first kappa shape index (κ1) is 14.0. The molecular weight excluding hydrogens is 284 g/mol. The zero-order chi connectivity index (χ0) is 14.7. The molecule has 0 aliphatic carbocycles. The zero-order valence-corrected chi connectivity index (χ0v) is 12.7. The lowest BCUT2D eigenvalue weighted by Crippen LogP contribution is -2.05. The number of hydrogen-bond acceptors (Lipinski definition) is 2. The summed E-state index contributed by atoms with van der Waals surface area (Å²) in [6, 6.07) is 15.7. The van der Waals surface area contributed by atoms with Gasteiger partial charge in [-0.1, -0.05) is 23.7 Å². The Balaban J connectivity index is 1.59. The number of hydrogen-bond donors (Lipinski definition) is 0. The van der Waals surface area contributed by atoms with Gasteiger partial charge in [-0.05, 0) is 49.7 Å². The Morgan fingerprint density at radius 1 is 1.10 bits per heavy atom. The van der Waals surface area contributed by atoms with E-state index >= 15 is 0 Å². The van der Waals surface area contributed by atoms with Crippen molar-refractivity contribution in [1.82, 2.24) is 9.55 Å². The molecule has 0 aliphatic rings. The number of ether oxygens (including phenoxy) is 1. The Labute approximate surface area is 129 Å². The summed E-state index contributed by atoms with van der Waals surface area (Å²) in [5, 5.41) is 0.725. The summed E-state index contributed by atoms with van der Waals surface area (Å²) in [6.45, 7) is 3.62. The van der Waals surface area contributed by atoms with Crippen LogP contribution in [-0.4, -0.2) is 16.2 Å². The van der Waals surface area contributed by atoms with Crippen LogP contribution in [-0.2, 0) is 6.54 Å². The standard InChI is InChI=1S/C17H17ClN2O/c1-13-19-16-5-2-3-6-17(16)20(13)11-4-12-21-15-9-7-14(18)8-10-15/h2-3,5-10H,4,11-12H2,1H3. The van der Waals surface area contributed by atoms with Gasteiger partial charge in [-0.2, -0.15) is 0 Å². The van der Waals surface area contributed by atoms with Gasteiger partial charge >= 0.3 is 0 Å². The quantitative estimate of drug-likeness (QED) is 0.650. The maximum atomic E-state index is 5.85. The number of para-hydroxylation sites is 2. The Morgan fingerprint density at radius 3 is 2.67 bits per heavy atom. The first-order valence-corrected chi connectivity index (χ1v) is 7.42. The molecular formula is C17H17ClN2O. The minimum atomic E-state index is 0.674. The smallest absolute Gasteiger partial charge is 0.119 e. The summed E-state index contributed by atoms with van der Waals surface area (Å²) in [6.07, 6.45) is 0.934. The van der Waals surface area contributed by atoms with E-state index in [1.54, 1.807) is 0 Å². The summed E-state index contributed by atoms with van der Waals surface area (Å²) in [4.78, 5) is 4.57. The van der Waals surface area contributed by atoms with Crippen LogP contribution in [0.4, 0.5) is 0 Å². The third-order valence-electron chi connectivity index (χ3n) is 3.45. The van der Waals surface area contributed by atoms with Crippen LogP contribution in [0.5, 0.6) is 5.75 Å². The molecule has 0 saturated heterocycles. The van der Waals surface area contributed by atoms with Gasteiger partial charge in [0.1, 0.15) is 11.6 Å². The van der Waals surface area contributed by atoms with E-state index in [1.807, 2.05) is 49.4 Å². The fourth-order valence-electron chi connectivity index (χ4n) is 2.42. The number of imidazole rings is 1. The van der Waals surface area contributed by atoms with Crippen LogP contribution in [0.2, 0.25) is 5.02 Å². The Kier molecular flexibility index (Phi) is 4.11. The molecule has 3 nitrogen and oxygen atoms in total. The monoisotopic (exact) mass is 300 g/mol. The molecule has 0 N–H and O–H groups in total. The molecule has 0 radical (unpaired) electrons. The number of fused-ring (bicyclic) bond motifs is 1. The fraction of sp³-hybridized carbons (Fsp3) is 0.235. The van der Waals surface area contributed by atoms with Crippen LogP contribution < -0.4 is 4.74 Å². The summed E-state index contributed by atoms with van der Waals surface area (Å²) in [7, 11) is 0. The minimum absolute atomic E-state index is 0.674. The molecule has 0 amide bonds. The van der Waals surface area contributed by atoms with Crippen LogP contribution in [0.15, 0.2) is 48.5 Å². The van der Waals surface area contributed by atoms with Gasteiger partial charge in [-0.15, -0.1) is 0 Å². The van der Waals surface area contributed by atoms with Crippen molar-refractivity contribution in [2.45, 2.75) is 19.9 Å². The SMILES string of the molecule is Cc1nc2ccccc2n1CCCOc1ccc(Cl)cc1. The second-order valence-corrected chi connectivity index (χ2v) is 5.39. The lowest BCUT2D eigenvalue weighted by atomic mass is 10.3. The Morgan fingerprint density at radius 2 is 1.86 bits per heavy atom. The van der Waals surface area contributed by atoms with Crippen LogP contribution in [0.1, 0.15) is 12.2 Å². The summed E-state index contributed by atoms with van der Waals surface area (Å²) in [5.74, 6) is 1.90. The van der Waals surface area contributed by atoms with Gasteiger partial charge in [0, 0.05) is 11.6 Å². The normalized spacial score (nSPS) is 11.0. The fourth-order valence-corrected chi connectivity index (χ4v) is 2.55. The third kappa shape index (κ3) is 3.19. The predicted molar refractivity (Wildman–Crippen MR) is 86.0 cm³/mol. The highest BCUT2D eigenvalue weighted by Crippen LogP contribution is 2.17. The van der Waals surface area contributed by atoms with E-state index < -0.39 is 0 Å². The largest absolute Gasteiger partial charge is 0.494 e. The van der Waals surface area contributed by atoms with Crippen molar-refractivity contribution in [3.8, 4) is 5.75 Å². The van der Waals surface area contributed by atoms with Crippen molar-refractivity contribution in [3.05, 3.63) is 59.4 Å². The maximum absolute atomic E-state index is 5.85. The molecule has 21 heavy (non-hydrogen) atoms. The van der Waals surface area contributed by atoms with Gasteiger partial charge in [0.25, 0.3) is 0 Å². The first-order chi connectivity index (χ1) is 10.2. The van der Waals surface area contributed by atoms with E-state index in [0.29, 0.717) is 6.61 Å².